The molecule has 2 aliphatic carbocycles. The van der Waals surface area contributed by atoms with Crippen molar-refractivity contribution >= 4 is 0 Å². The molecule has 13 heavy (non-hydrogen) atoms. The van der Waals surface area contributed by atoms with Crippen molar-refractivity contribution in [1.82, 2.24) is 0 Å². The van der Waals surface area contributed by atoms with E-state index >= 15 is 0 Å². The number of rotatable bonds is 1. The molecule has 0 amide bonds. The van der Waals surface area contributed by atoms with Gasteiger partial charge < -0.3 is 0 Å². The van der Waals surface area contributed by atoms with E-state index in [-0.39, 0.29) is 0 Å². The largest absolute Gasteiger partial charge is 0.125 e. The number of allylic oxidation sites excluding steroid dienone is 5. The maximum absolute atomic E-state index is 3.11. The van der Waals surface area contributed by atoms with E-state index in [1.165, 1.54) is 24.8 Å². The van der Waals surface area contributed by atoms with Gasteiger partial charge in [-0.15, -0.1) is 5.73 Å². The molecule has 0 saturated carbocycles. The summed E-state index contributed by atoms with van der Waals surface area (Å²) >= 11 is 0. The summed E-state index contributed by atoms with van der Waals surface area (Å²) in [4.78, 5) is 0. The van der Waals surface area contributed by atoms with Crippen LogP contribution in [0.25, 0.3) is 0 Å². The Labute approximate surface area is 80.3 Å². The lowest BCUT2D eigenvalue weighted by Gasteiger charge is -2.20. The van der Waals surface area contributed by atoms with E-state index in [9.17, 15) is 0 Å². The number of hydrogen-bond acceptors (Lipinski definition) is 0. The molecule has 2 rings (SSSR count). The third-order valence-corrected chi connectivity index (χ3v) is 2.91. The van der Waals surface area contributed by atoms with E-state index in [1.807, 2.05) is 6.08 Å². The minimum atomic E-state index is 0.888. The first-order valence-electron chi connectivity index (χ1n) is 5.16. The second-order valence-electron chi connectivity index (χ2n) is 4.04. The molecule has 0 bridgehead atoms. The van der Waals surface area contributed by atoms with Gasteiger partial charge in [0.2, 0.25) is 0 Å². The Morgan fingerprint density at radius 3 is 2.92 bits per heavy atom. The van der Waals surface area contributed by atoms with Crippen molar-refractivity contribution in [1.29, 1.82) is 0 Å². The van der Waals surface area contributed by atoms with Gasteiger partial charge in [0.25, 0.3) is 0 Å². The Morgan fingerprint density at radius 2 is 2.31 bits per heavy atom. The SMILES string of the molecule is CC1CC=C(C2=CC=C=CC2)CC1. The lowest BCUT2D eigenvalue weighted by atomic mass is 9.86. The predicted molar refractivity (Wildman–Crippen MR) is 56.5 cm³/mol. The molecule has 0 radical (unpaired) electrons. The van der Waals surface area contributed by atoms with Crippen molar-refractivity contribution < 1.29 is 0 Å². The standard InChI is InChI=1S/C13H16/c1-11-7-9-13(10-8-11)12-5-3-2-4-6-12/h3-5,9,11H,6-8,10H2,1H3. The molecule has 1 unspecified atom stereocenters. The molecular formula is C13H16. The Balaban J connectivity index is 2.10. The van der Waals surface area contributed by atoms with Gasteiger partial charge >= 0.3 is 0 Å². The highest BCUT2D eigenvalue weighted by atomic mass is 14.2. The summed E-state index contributed by atoms with van der Waals surface area (Å²) in [6.45, 7) is 2.34. The highest BCUT2D eigenvalue weighted by Gasteiger charge is 2.12. The van der Waals surface area contributed by atoms with E-state index in [0.717, 1.165) is 12.3 Å². The zero-order valence-electron chi connectivity index (χ0n) is 8.22. The van der Waals surface area contributed by atoms with Crippen molar-refractivity contribution in [3.05, 3.63) is 41.2 Å². The zero-order valence-corrected chi connectivity index (χ0v) is 8.22. The molecule has 0 spiro atoms. The second kappa shape index (κ2) is 3.81. The predicted octanol–water partition coefficient (Wildman–Crippen LogP) is 3.77. The lowest BCUT2D eigenvalue weighted by Crippen LogP contribution is -2.03. The van der Waals surface area contributed by atoms with Crippen LogP contribution < -0.4 is 0 Å². The first kappa shape index (κ1) is 8.59. The fourth-order valence-corrected chi connectivity index (χ4v) is 1.95. The van der Waals surface area contributed by atoms with Crippen LogP contribution in [0.2, 0.25) is 0 Å². The summed E-state index contributed by atoms with van der Waals surface area (Å²) in [6, 6.07) is 0. The molecule has 0 saturated heterocycles. The molecule has 68 valence electrons. The summed E-state index contributed by atoms with van der Waals surface area (Å²) in [5.74, 6) is 0.888. The van der Waals surface area contributed by atoms with Gasteiger partial charge in [-0.3, -0.25) is 0 Å². The highest BCUT2D eigenvalue weighted by molar-refractivity contribution is 5.38. The van der Waals surface area contributed by atoms with Gasteiger partial charge in [-0.1, -0.05) is 19.1 Å². The summed E-state index contributed by atoms with van der Waals surface area (Å²) < 4.78 is 0. The van der Waals surface area contributed by atoms with E-state index < -0.39 is 0 Å². The van der Waals surface area contributed by atoms with Gasteiger partial charge in [0.1, 0.15) is 0 Å². The summed E-state index contributed by atoms with van der Waals surface area (Å²) in [5, 5.41) is 0. The van der Waals surface area contributed by atoms with Crippen molar-refractivity contribution in [2.75, 3.05) is 0 Å². The summed E-state index contributed by atoms with van der Waals surface area (Å²) in [7, 11) is 0. The maximum Gasteiger partial charge on any atom is -0.00184 e. The first-order chi connectivity index (χ1) is 6.36. The monoisotopic (exact) mass is 172 g/mol. The molecule has 0 aliphatic heterocycles. The fourth-order valence-electron chi connectivity index (χ4n) is 1.95. The third kappa shape index (κ3) is 2.02. The minimum absolute atomic E-state index is 0.888. The molecule has 0 heteroatoms. The quantitative estimate of drug-likeness (QED) is 0.528. The van der Waals surface area contributed by atoms with E-state index in [0.29, 0.717) is 0 Å². The van der Waals surface area contributed by atoms with Crippen LogP contribution in [0.15, 0.2) is 41.2 Å². The molecular weight excluding hydrogens is 156 g/mol. The van der Waals surface area contributed by atoms with Crippen molar-refractivity contribution in [2.24, 2.45) is 5.92 Å². The molecule has 0 aromatic carbocycles. The molecule has 1 atom stereocenters. The van der Waals surface area contributed by atoms with Crippen LogP contribution in [0.5, 0.6) is 0 Å². The van der Waals surface area contributed by atoms with E-state index in [4.69, 9.17) is 0 Å². The average molecular weight is 172 g/mol. The fraction of sp³-hybridized carbons (Fsp3) is 0.462. The van der Waals surface area contributed by atoms with E-state index in [2.05, 4.69) is 30.9 Å². The van der Waals surface area contributed by atoms with Crippen LogP contribution in [0.1, 0.15) is 32.6 Å². The molecule has 2 aliphatic rings. The Bertz CT molecular complexity index is 309. The molecule has 0 aromatic heterocycles. The van der Waals surface area contributed by atoms with Crippen LogP contribution in [0.3, 0.4) is 0 Å². The first-order valence-corrected chi connectivity index (χ1v) is 5.16. The Hall–Kier alpha value is -1.00. The van der Waals surface area contributed by atoms with E-state index in [1.54, 1.807) is 5.57 Å². The average Bonchev–Trinajstić information content (AvgIpc) is 2.20. The molecule has 0 aromatic rings. The van der Waals surface area contributed by atoms with Gasteiger partial charge in [0.15, 0.2) is 0 Å². The van der Waals surface area contributed by atoms with Gasteiger partial charge in [-0.2, -0.15) is 0 Å². The smallest absolute Gasteiger partial charge is 0.00184 e. The minimum Gasteiger partial charge on any atom is -0.125 e. The normalized spacial score (nSPS) is 27.0. The zero-order chi connectivity index (χ0) is 9.10. The van der Waals surface area contributed by atoms with Crippen molar-refractivity contribution in [3.8, 4) is 0 Å². The molecule has 0 N–H and O–H groups in total. The summed E-state index contributed by atoms with van der Waals surface area (Å²) in [5.41, 5.74) is 6.19. The molecule has 0 nitrogen and oxygen atoms in total. The summed E-state index contributed by atoms with van der Waals surface area (Å²) in [6.07, 6.45) is 13.8. The Morgan fingerprint density at radius 1 is 1.38 bits per heavy atom. The van der Waals surface area contributed by atoms with Crippen LogP contribution in [0, 0.1) is 5.92 Å². The van der Waals surface area contributed by atoms with Crippen LogP contribution in [0.4, 0.5) is 0 Å². The van der Waals surface area contributed by atoms with Gasteiger partial charge in [-0.05, 0) is 54.9 Å². The van der Waals surface area contributed by atoms with Crippen LogP contribution in [-0.2, 0) is 0 Å². The topological polar surface area (TPSA) is 0 Å². The molecule has 0 fully saturated rings. The maximum atomic E-state index is 3.11. The van der Waals surface area contributed by atoms with Crippen molar-refractivity contribution in [3.63, 3.8) is 0 Å². The van der Waals surface area contributed by atoms with Crippen LogP contribution in [-0.4, -0.2) is 0 Å². The van der Waals surface area contributed by atoms with Gasteiger partial charge in [-0.25, -0.2) is 0 Å². The highest BCUT2D eigenvalue weighted by Crippen LogP contribution is 2.29. The third-order valence-electron chi connectivity index (χ3n) is 2.91. The second-order valence-corrected chi connectivity index (χ2v) is 4.04. The van der Waals surface area contributed by atoms with Gasteiger partial charge in [0, 0.05) is 0 Å². The Kier molecular flexibility index (Phi) is 2.52. The molecule has 0 heterocycles. The lowest BCUT2D eigenvalue weighted by molar-refractivity contribution is 0.515. The van der Waals surface area contributed by atoms with Gasteiger partial charge in [0.05, 0.1) is 0 Å². The van der Waals surface area contributed by atoms with Crippen molar-refractivity contribution in [2.45, 2.75) is 32.6 Å². The van der Waals surface area contributed by atoms with Crippen LogP contribution >= 0.6 is 0 Å². The number of hydrogen-bond donors (Lipinski definition) is 0.